The number of aryl methyl sites for hydroxylation is 3. The fraction of sp³-hybridized carbons (Fsp3) is 0.505. The summed E-state index contributed by atoms with van der Waals surface area (Å²) in [5.74, 6) is -0.0262. The summed E-state index contributed by atoms with van der Waals surface area (Å²) in [6.45, 7) is 29.7. The largest absolute Gasteiger partial charge is 0.573 e. The topological polar surface area (TPSA) is 463 Å². The van der Waals surface area contributed by atoms with Crippen molar-refractivity contribution < 1.29 is 90.4 Å². The molecule has 0 unspecified atom stereocenters. The molecule has 2 aromatic carbocycles. The number of aromatic nitrogens is 15. The highest BCUT2D eigenvalue weighted by Gasteiger charge is 2.45. The lowest BCUT2D eigenvalue weighted by Crippen LogP contribution is -2.39. The number of rotatable bonds is 25. The summed E-state index contributed by atoms with van der Waals surface area (Å²) < 4.78 is 91.8. The van der Waals surface area contributed by atoms with Crippen molar-refractivity contribution in [3.63, 3.8) is 0 Å². The van der Waals surface area contributed by atoms with E-state index in [0.717, 1.165) is 128 Å². The highest BCUT2D eigenvalue weighted by Crippen LogP contribution is 2.47. The molecule has 11 N–H and O–H groups in total. The van der Waals surface area contributed by atoms with Crippen LogP contribution in [-0.4, -0.2) is 168 Å². The van der Waals surface area contributed by atoms with Gasteiger partial charge in [0.15, 0.2) is 28.2 Å². The molecule has 40 heteroatoms. The van der Waals surface area contributed by atoms with Gasteiger partial charge in [0, 0.05) is 35.4 Å². The number of fused-ring (bicyclic) bond motifs is 5. The van der Waals surface area contributed by atoms with E-state index in [2.05, 4.69) is 108 Å². The molecule has 5 saturated carbocycles. The van der Waals surface area contributed by atoms with E-state index in [1.165, 1.54) is 80.4 Å². The van der Waals surface area contributed by atoms with Crippen LogP contribution in [0.25, 0.3) is 67.2 Å². The molecule has 10 aromatic heterocycles. The van der Waals surface area contributed by atoms with Crippen molar-refractivity contribution in [2.75, 3.05) is 26.6 Å². The molecule has 0 aliphatic heterocycles. The molecule has 0 saturated heterocycles. The van der Waals surface area contributed by atoms with Gasteiger partial charge in [0.25, 0.3) is 0 Å². The smallest absolute Gasteiger partial charge is 0.406 e. The number of anilines is 5. The number of pyridine rings is 5. The molecule has 5 aliphatic carbocycles. The maximum Gasteiger partial charge on any atom is 0.573 e. The lowest BCUT2D eigenvalue weighted by Gasteiger charge is -2.40. The van der Waals surface area contributed by atoms with Gasteiger partial charge >= 0.3 is 12.7 Å². The Balaban J connectivity index is 0.000000145. The third kappa shape index (κ3) is 26.0. The number of amides is 5. The number of halogens is 6. The number of ether oxygens (including phenoxy) is 2. The van der Waals surface area contributed by atoms with Crippen LogP contribution in [0.3, 0.4) is 0 Å². The Morgan fingerprint density at radius 3 is 1.11 bits per heavy atom. The fourth-order valence-corrected chi connectivity index (χ4v) is 16.3. The van der Waals surface area contributed by atoms with Gasteiger partial charge in [-0.1, -0.05) is 20.8 Å². The second kappa shape index (κ2) is 39.1. The Labute approximate surface area is 786 Å². The maximum absolute atomic E-state index is 12.5. The molecule has 0 spiro atoms. The standard InChI is InChI=1S/2C21H23F3N4O4.C19H26N4O2.C18H23N5O.C18H24N4O2/c2*1-19(2,30)11-16(29)27-18-25-14-9-10-15(20(3,4)31)26-17(14)28(18)12-5-7-13(8-6-12)32-21(22,23)24;1-12-5-8-14-16(20-12)23(18(2)9-4-10-18)17(21-14)22-15(24)11-19(3,25)13-6-7-13;1-11-12(10-19)8-14-16(20-11)23(13-6-5-7-13)17(21-14)22-15(24)9-18(2,3)4;1-11-6-9-14-16(19-11)22(13-4-3-5-13)17(20-14)21-15(23)10-18(2,24)12-7-8-12/h2*5-10,30-31H,11H2,1-4H3,(H,25,27,29);5,8,13,25H,4,6-7,9-11H2,1-3H3,(H,21,22,24);8,13H,5-7,9H2,1-4H3,(H,21,22,24);6,9,12-13,24H,3-5,7-8,10H2,1-2H3,(H,20,21,23)/t;;19-;;18-/m..0.0/s1. The predicted octanol–water partition coefficient (Wildman–Crippen LogP) is 17.1. The minimum atomic E-state index is -4.83. The fourth-order valence-electron chi connectivity index (χ4n) is 16.3. The van der Waals surface area contributed by atoms with Gasteiger partial charge in [0.05, 0.1) is 82.1 Å². The van der Waals surface area contributed by atoms with E-state index in [1.807, 2.05) is 70.4 Å². The van der Waals surface area contributed by atoms with Crippen LogP contribution in [0, 0.1) is 49.4 Å². The van der Waals surface area contributed by atoms with Crippen LogP contribution >= 0.6 is 0 Å². The van der Waals surface area contributed by atoms with Crippen LogP contribution in [0.1, 0.15) is 259 Å². The second-order valence-electron chi connectivity index (χ2n) is 40.5. The van der Waals surface area contributed by atoms with Crippen molar-refractivity contribution in [3.8, 4) is 28.9 Å². The number of alkyl halides is 6. The number of nitriles is 1. The zero-order chi connectivity index (χ0) is 100.0. The van der Waals surface area contributed by atoms with Crippen molar-refractivity contribution in [2.24, 2.45) is 17.3 Å². The van der Waals surface area contributed by atoms with Gasteiger partial charge < -0.3 is 40.1 Å². The highest BCUT2D eigenvalue weighted by atomic mass is 19.4. The van der Waals surface area contributed by atoms with Crippen LogP contribution in [0.4, 0.5) is 56.1 Å². The summed E-state index contributed by atoms with van der Waals surface area (Å²) in [6, 6.07) is 28.6. The Kier molecular flexibility index (Phi) is 29.0. The molecule has 732 valence electrons. The minimum absolute atomic E-state index is 0.0457. The van der Waals surface area contributed by atoms with Crippen LogP contribution < -0.4 is 36.1 Å². The molecule has 5 aliphatic rings. The van der Waals surface area contributed by atoms with Crippen LogP contribution in [0.2, 0.25) is 0 Å². The van der Waals surface area contributed by atoms with E-state index >= 15 is 0 Å². The number of hydrogen-bond donors (Lipinski definition) is 11. The molecule has 34 nitrogen and oxygen atoms in total. The molecule has 2 atom stereocenters. The predicted molar refractivity (Wildman–Crippen MR) is 501 cm³/mol. The van der Waals surface area contributed by atoms with Gasteiger partial charge in [0.1, 0.15) is 56.4 Å². The average Bonchev–Trinajstić information content (AvgIpc) is 1.55. The molecule has 5 amide bonds. The average molecular weight is 1900 g/mol. The van der Waals surface area contributed by atoms with Gasteiger partial charge in [0.2, 0.25) is 59.3 Å². The van der Waals surface area contributed by atoms with Crippen molar-refractivity contribution in [1.82, 2.24) is 72.7 Å². The Hall–Kier alpha value is -12.7. The normalized spacial score (nSPS) is 16.2. The highest BCUT2D eigenvalue weighted by molar-refractivity contribution is 5.96. The summed E-state index contributed by atoms with van der Waals surface area (Å²) in [5, 5.41) is 84.6. The van der Waals surface area contributed by atoms with E-state index in [4.69, 9.17) is 0 Å². The van der Waals surface area contributed by atoms with Crippen LogP contribution in [0.5, 0.6) is 11.5 Å². The first-order valence-electron chi connectivity index (χ1n) is 45.6. The first kappa shape index (κ1) is 102. The van der Waals surface area contributed by atoms with E-state index in [9.17, 15) is 86.2 Å². The molecular weight excluding hydrogens is 1780 g/mol. The zero-order valence-corrected chi connectivity index (χ0v) is 79.8. The van der Waals surface area contributed by atoms with E-state index in [-0.39, 0.29) is 89.4 Å². The minimum Gasteiger partial charge on any atom is -0.406 e. The number of nitrogens with zero attached hydrogens (tertiary/aromatic N) is 16. The number of carbonyl (C=O) groups is 5. The van der Waals surface area contributed by atoms with Gasteiger partial charge in [-0.15, -0.1) is 26.3 Å². The van der Waals surface area contributed by atoms with Crippen LogP contribution in [-0.2, 0) is 40.7 Å². The zero-order valence-electron chi connectivity index (χ0n) is 79.8. The lowest BCUT2D eigenvalue weighted by atomic mass is 9.78. The Morgan fingerprint density at radius 1 is 0.409 bits per heavy atom. The van der Waals surface area contributed by atoms with Crippen molar-refractivity contribution >= 4 is 115 Å². The quantitative estimate of drug-likeness (QED) is 0.0237. The van der Waals surface area contributed by atoms with E-state index < -0.39 is 69.6 Å². The first-order valence-corrected chi connectivity index (χ1v) is 45.6. The van der Waals surface area contributed by atoms with Gasteiger partial charge in [-0.2, -0.15) is 5.26 Å². The molecule has 10 heterocycles. The summed E-state index contributed by atoms with van der Waals surface area (Å²) in [6.07, 6.45) is 4.51. The number of aliphatic hydroxyl groups is 6. The number of imidazole rings is 5. The Morgan fingerprint density at radius 2 is 0.752 bits per heavy atom. The second-order valence-corrected chi connectivity index (χ2v) is 40.5. The van der Waals surface area contributed by atoms with Gasteiger partial charge in [-0.3, -0.25) is 73.4 Å². The third-order valence-electron chi connectivity index (χ3n) is 24.2. The molecule has 12 aromatic rings. The third-order valence-corrected chi connectivity index (χ3v) is 24.2. The number of carbonyl (C=O) groups excluding carboxylic acids is 5. The summed E-state index contributed by atoms with van der Waals surface area (Å²) in [4.78, 5) is 107. The summed E-state index contributed by atoms with van der Waals surface area (Å²) in [5.41, 5.74) is 3.38. The maximum atomic E-state index is 12.5. The summed E-state index contributed by atoms with van der Waals surface area (Å²) >= 11 is 0. The molecular formula is C97H119F6N21O13. The molecule has 137 heavy (non-hydrogen) atoms. The molecule has 0 radical (unpaired) electrons. The SMILES string of the molecule is CC(C)(O)CC(=O)Nc1nc2ccc(C(C)(C)O)nc2n1-c1ccc(OC(F)(F)F)cc1.CC(C)(O)CC(=O)Nc1nc2ccc(C(C)(C)O)nc2n1-c1ccc(OC(F)(F)F)cc1.Cc1ccc2nc(NC(=O)C[C@](C)(O)C3CC3)n(C3(C)CCC3)c2n1.Cc1ccc2nc(NC(=O)C[C@](C)(O)C3CC3)n(C3CCC3)c2n1.Cc1nc2c(cc1C#N)nc(NC(=O)CC(C)(C)C)n2C1CCC1. The Bertz CT molecular complexity index is 6330. The van der Waals surface area contributed by atoms with Gasteiger partial charge in [-0.05, 0) is 301 Å². The first-order chi connectivity index (χ1) is 63.7. The molecule has 0 bridgehead atoms. The van der Waals surface area contributed by atoms with Crippen LogP contribution in [0.15, 0.2) is 103 Å². The van der Waals surface area contributed by atoms with E-state index in [0.29, 0.717) is 86.9 Å². The molecule has 5 fully saturated rings. The van der Waals surface area contributed by atoms with Crippen molar-refractivity contribution in [2.45, 2.75) is 297 Å². The number of nitrogens with one attached hydrogen (secondary N) is 5. The molecule has 17 rings (SSSR count). The number of benzene rings is 2. The van der Waals surface area contributed by atoms with E-state index in [1.54, 1.807) is 71.9 Å². The lowest BCUT2D eigenvalue weighted by molar-refractivity contribution is -0.275. The summed E-state index contributed by atoms with van der Waals surface area (Å²) in [7, 11) is 0. The van der Waals surface area contributed by atoms with Crippen molar-refractivity contribution in [1.29, 1.82) is 5.26 Å². The monoisotopic (exact) mass is 1900 g/mol. The van der Waals surface area contributed by atoms with Gasteiger partial charge in [-0.25, -0.2) is 49.8 Å². The number of hydrogen-bond acceptors (Lipinski definition) is 24. The van der Waals surface area contributed by atoms with Crippen molar-refractivity contribution in [3.05, 3.63) is 137 Å².